The quantitative estimate of drug-likeness (QED) is 0.587. The summed E-state index contributed by atoms with van der Waals surface area (Å²) in [4.78, 5) is 24.3. The number of aromatic hydroxyl groups is 1. The van der Waals surface area contributed by atoms with Crippen LogP contribution in [0.4, 0.5) is 13.2 Å². The summed E-state index contributed by atoms with van der Waals surface area (Å²) in [5.74, 6) is -6.75. The van der Waals surface area contributed by atoms with Crippen molar-refractivity contribution in [2.75, 3.05) is 0 Å². The summed E-state index contributed by atoms with van der Waals surface area (Å²) in [7, 11) is 0. The normalized spacial score (nSPS) is 10.9. The third-order valence-corrected chi connectivity index (χ3v) is 5.17. The number of phenolic OH excluding ortho intramolecular Hbond substituents is 1. The fraction of sp³-hybridized carbons (Fsp3) is 0.100. The molecule has 0 aliphatic carbocycles. The molecule has 3 rings (SSSR count). The van der Waals surface area contributed by atoms with Crippen molar-refractivity contribution in [3.8, 4) is 16.9 Å². The largest absolute Gasteiger partial charge is 0.504 e. The van der Waals surface area contributed by atoms with E-state index in [2.05, 4.69) is 0 Å². The molecule has 0 unspecified atom stereocenters. The fourth-order valence-corrected chi connectivity index (χ4v) is 3.84. The number of aryl methyl sites for hydroxylation is 1. The van der Waals surface area contributed by atoms with Crippen molar-refractivity contribution < 1.29 is 33.0 Å². The SMILES string of the molecule is Cc1ccc(-c2csc(CC(=O)c3ccc(F)c(F)c3O)c2C(=O)O)c(F)c1. The van der Waals surface area contributed by atoms with Crippen LogP contribution >= 0.6 is 11.3 Å². The molecule has 0 atom stereocenters. The Morgan fingerprint density at radius 1 is 1.04 bits per heavy atom. The van der Waals surface area contributed by atoms with Gasteiger partial charge in [-0.25, -0.2) is 13.6 Å². The lowest BCUT2D eigenvalue weighted by atomic mass is 9.98. The molecule has 3 aromatic rings. The molecule has 2 N–H and O–H groups in total. The van der Waals surface area contributed by atoms with Gasteiger partial charge in [-0.05, 0) is 36.1 Å². The predicted octanol–water partition coefficient (Wildman–Crippen LogP) is 4.97. The van der Waals surface area contributed by atoms with Crippen LogP contribution in [0.2, 0.25) is 0 Å². The summed E-state index contributed by atoms with van der Waals surface area (Å²) in [6.45, 7) is 1.69. The molecule has 8 heteroatoms. The first kappa shape index (κ1) is 19.6. The Labute approximate surface area is 161 Å². The number of ketones is 1. The van der Waals surface area contributed by atoms with E-state index in [1.807, 2.05) is 0 Å². The van der Waals surface area contributed by atoms with Crippen molar-refractivity contribution in [2.45, 2.75) is 13.3 Å². The van der Waals surface area contributed by atoms with Crippen LogP contribution in [0.1, 0.15) is 31.2 Å². The third-order valence-electron chi connectivity index (χ3n) is 4.19. The summed E-state index contributed by atoms with van der Waals surface area (Å²) in [6.07, 6.45) is -0.474. The zero-order chi connectivity index (χ0) is 20.6. The molecule has 144 valence electrons. The van der Waals surface area contributed by atoms with E-state index >= 15 is 0 Å². The van der Waals surface area contributed by atoms with Gasteiger partial charge in [-0.3, -0.25) is 4.79 Å². The maximum atomic E-state index is 14.3. The summed E-state index contributed by atoms with van der Waals surface area (Å²) in [5, 5.41) is 20.6. The first-order valence-corrected chi connectivity index (χ1v) is 8.89. The molecule has 0 spiro atoms. The Morgan fingerprint density at radius 2 is 1.75 bits per heavy atom. The van der Waals surface area contributed by atoms with Gasteiger partial charge in [-0.1, -0.05) is 12.1 Å². The number of benzene rings is 2. The number of hydrogen-bond acceptors (Lipinski definition) is 4. The standard InChI is InChI=1S/C20H13F3O4S/c1-9-2-3-10(14(22)6-9)12-8-28-16(17(12)20(26)27)7-15(24)11-4-5-13(21)18(23)19(11)25/h2-6,8,25H,7H2,1H3,(H,26,27). The zero-order valence-corrected chi connectivity index (χ0v) is 15.2. The highest BCUT2D eigenvalue weighted by molar-refractivity contribution is 7.11. The van der Waals surface area contributed by atoms with Crippen molar-refractivity contribution in [1.29, 1.82) is 0 Å². The number of Topliss-reactive ketones (excluding diaryl/α,β-unsaturated/α-hetero) is 1. The average molecular weight is 406 g/mol. The summed E-state index contributed by atoms with van der Waals surface area (Å²) in [6, 6.07) is 5.97. The number of carbonyl (C=O) groups is 2. The minimum absolute atomic E-state index is 0.0774. The second-order valence-corrected chi connectivity index (χ2v) is 7.06. The van der Waals surface area contributed by atoms with Crippen LogP contribution in [0.15, 0.2) is 35.7 Å². The highest BCUT2D eigenvalue weighted by Crippen LogP contribution is 2.35. The van der Waals surface area contributed by atoms with Gasteiger partial charge in [0.1, 0.15) is 5.82 Å². The lowest BCUT2D eigenvalue weighted by molar-refractivity contribution is 0.0697. The molecule has 0 amide bonds. The summed E-state index contributed by atoms with van der Waals surface area (Å²) in [5.41, 5.74) is 0.147. The summed E-state index contributed by atoms with van der Waals surface area (Å²) < 4.78 is 40.9. The summed E-state index contributed by atoms with van der Waals surface area (Å²) >= 11 is 0.931. The molecule has 1 heterocycles. The van der Waals surface area contributed by atoms with Crippen LogP contribution in [0.5, 0.6) is 5.75 Å². The number of hydrogen-bond donors (Lipinski definition) is 2. The Hall–Kier alpha value is -3.13. The van der Waals surface area contributed by atoms with Gasteiger partial charge in [0.25, 0.3) is 0 Å². The molecular formula is C20H13F3O4S. The number of aromatic carboxylic acids is 1. The van der Waals surface area contributed by atoms with Crippen LogP contribution < -0.4 is 0 Å². The van der Waals surface area contributed by atoms with Crippen LogP contribution in [0.25, 0.3) is 11.1 Å². The second-order valence-electron chi connectivity index (χ2n) is 6.09. The van der Waals surface area contributed by atoms with Crippen LogP contribution in [0, 0.1) is 24.4 Å². The lowest BCUT2D eigenvalue weighted by Gasteiger charge is -2.07. The first-order chi connectivity index (χ1) is 13.2. The van der Waals surface area contributed by atoms with Gasteiger partial charge in [0.2, 0.25) is 5.82 Å². The van der Waals surface area contributed by atoms with E-state index in [1.54, 1.807) is 13.0 Å². The number of carbonyl (C=O) groups excluding carboxylic acids is 1. The van der Waals surface area contributed by atoms with E-state index < -0.39 is 46.9 Å². The van der Waals surface area contributed by atoms with Crippen molar-refractivity contribution in [3.05, 3.63) is 74.7 Å². The van der Waals surface area contributed by atoms with Crippen LogP contribution in [-0.4, -0.2) is 22.0 Å². The van der Waals surface area contributed by atoms with Crippen LogP contribution in [-0.2, 0) is 6.42 Å². The van der Waals surface area contributed by atoms with Crippen LogP contribution in [0.3, 0.4) is 0 Å². The topological polar surface area (TPSA) is 74.6 Å². The number of thiophene rings is 1. The minimum atomic E-state index is -1.56. The minimum Gasteiger partial charge on any atom is -0.504 e. The van der Waals surface area contributed by atoms with E-state index in [0.29, 0.717) is 11.6 Å². The second kappa shape index (κ2) is 7.47. The molecule has 0 saturated carbocycles. The number of carboxylic acid groups (broad SMARTS) is 1. The Morgan fingerprint density at radius 3 is 2.39 bits per heavy atom. The van der Waals surface area contributed by atoms with Gasteiger partial charge in [0.15, 0.2) is 17.3 Å². The number of halogens is 3. The molecule has 0 fully saturated rings. The average Bonchev–Trinajstić information content (AvgIpc) is 3.03. The molecule has 1 aromatic heterocycles. The molecule has 4 nitrogen and oxygen atoms in total. The first-order valence-electron chi connectivity index (χ1n) is 8.01. The predicted molar refractivity (Wildman–Crippen MR) is 97.5 cm³/mol. The van der Waals surface area contributed by atoms with Gasteiger partial charge in [-0.15, -0.1) is 11.3 Å². The van der Waals surface area contributed by atoms with Gasteiger partial charge >= 0.3 is 5.97 Å². The molecule has 0 radical (unpaired) electrons. The Kier molecular flexibility index (Phi) is 5.24. The highest BCUT2D eigenvalue weighted by atomic mass is 32.1. The van der Waals surface area contributed by atoms with E-state index in [9.17, 15) is 33.0 Å². The van der Waals surface area contributed by atoms with Gasteiger partial charge < -0.3 is 10.2 Å². The fourth-order valence-electron chi connectivity index (χ4n) is 2.81. The van der Waals surface area contributed by atoms with Crippen molar-refractivity contribution >= 4 is 23.1 Å². The van der Waals surface area contributed by atoms with Gasteiger partial charge in [0.05, 0.1) is 11.1 Å². The molecule has 28 heavy (non-hydrogen) atoms. The van der Waals surface area contributed by atoms with E-state index in [0.717, 1.165) is 17.4 Å². The maximum absolute atomic E-state index is 14.3. The number of phenols is 1. The molecule has 0 bridgehead atoms. The van der Waals surface area contributed by atoms with E-state index in [1.165, 1.54) is 17.5 Å². The van der Waals surface area contributed by atoms with Crippen molar-refractivity contribution in [2.24, 2.45) is 0 Å². The zero-order valence-electron chi connectivity index (χ0n) is 14.4. The van der Waals surface area contributed by atoms with E-state index in [4.69, 9.17) is 0 Å². The maximum Gasteiger partial charge on any atom is 0.337 e. The van der Waals surface area contributed by atoms with E-state index in [-0.39, 0.29) is 21.6 Å². The molecule has 0 aliphatic heterocycles. The molecule has 0 saturated heterocycles. The smallest absolute Gasteiger partial charge is 0.337 e. The molecular weight excluding hydrogens is 393 g/mol. The van der Waals surface area contributed by atoms with Crippen molar-refractivity contribution in [1.82, 2.24) is 0 Å². The van der Waals surface area contributed by atoms with Crippen molar-refractivity contribution in [3.63, 3.8) is 0 Å². The Balaban J connectivity index is 2.02. The monoisotopic (exact) mass is 406 g/mol. The number of rotatable bonds is 5. The lowest BCUT2D eigenvalue weighted by Crippen LogP contribution is -2.08. The molecule has 2 aromatic carbocycles. The number of carboxylic acids is 1. The van der Waals surface area contributed by atoms with Gasteiger partial charge in [0, 0.05) is 22.4 Å². The third kappa shape index (κ3) is 3.50. The van der Waals surface area contributed by atoms with Gasteiger partial charge in [-0.2, -0.15) is 4.39 Å². The highest BCUT2D eigenvalue weighted by Gasteiger charge is 2.25. The molecule has 0 aliphatic rings. The Bertz CT molecular complexity index is 1110.